The molecule has 1 amide bonds. The SMILES string of the molecule is COCCCn1c(=S)[nH]c2cc(C(=O)N3CCC(N4CCCC4)C3)ccc2c1=O. The summed E-state index contributed by atoms with van der Waals surface area (Å²) in [5.41, 5.74) is 1.08. The van der Waals surface area contributed by atoms with E-state index in [0.29, 0.717) is 46.9 Å². The molecule has 0 spiro atoms. The van der Waals surface area contributed by atoms with E-state index in [1.165, 1.54) is 12.8 Å². The van der Waals surface area contributed by atoms with Gasteiger partial charge in [-0.1, -0.05) is 0 Å². The quantitative estimate of drug-likeness (QED) is 0.578. The van der Waals surface area contributed by atoms with E-state index in [1.54, 1.807) is 29.9 Å². The molecule has 0 aliphatic carbocycles. The van der Waals surface area contributed by atoms with E-state index in [9.17, 15) is 9.59 Å². The molecule has 1 aromatic carbocycles. The van der Waals surface area contributed by atoms with Gasteiger partial charge >= 0.3 is 0 Å². The molecule has 1 unspecified atom stereocenters. The second kappa shape index (κ2) is 8.77. The van der Waals surface area contributed by atoms with E-state index in [4.69, 9.17) is 17.0 Å². The van der Waals surface area contributed by atoms with E-state index in [-0.39, 0.29) is 11.5 Å². The van der Waals surface area contributed by atoms with Crippen molar-refractivity contribution in [3.05, 3.63) is 38.9 Å². The van der Waals surface area contributed by atoms with Gasteiger partial charge in [-0.05, 0) is 69.2 Å². The summed E-state index contributed by atoms with van der Waals surface area (Å²) >= 11 is 5.38. The van der Waals surface area contributed by atoms with Gasteiger partial charge in [-0.25, -0.2) is 0 Å². The number of likely N-dealkylation sites (tertiary alicyclic amines) is 2. The average molecular weight is 417 g/mol. The zero-order chi connectivity index (χ0) is 20.4. The number of fused-ring (bicyclic) bond motifs is 1. The highest BCUT2D eigenvalue weighted by Gasteiger charge is 2.32. The molecule has 8 heteroatoms. The minimum absolute atomic E-state index is 0.0252. The van der Waals surface area contributed by atoms with Gasteiger partial charge in [0.05, 0.1) is 10.9 Å². The van der Waals surface area contributed by atoms with Gasteiger partial charge in [-0.15, -0.1) is 0 Å². The molecular weight excluding hydrogens is 388 g/mol. The highest BCUT2D eigenvalue weighted by molar-refractivity contribution is 7.71. The molecule has 7 nitrogen and oxygen atoms in total. The highest BCUT2D eigenvalue weighted by atomic mass is 32.1. The van der Waals surface area contributed by atoms with Gasteiger partial charge in [0.1, 0.15) is 0 Å². The predicted molar refractivity (Wildman–Crippen MR) is 115 cm³/mol. The zero-order valence-corrected chi connectivity index (χ0v) is 17.7. The molecule has 2 aliphatic rings. The van der Waals surface area contributed by atoms with Crippen molar-refractivity contribution < 1.29 is 9.53 Å². The minimum atomic E-state index is -0.130. The van der Waals surface area contributed by atoms with Crippen LogP contribution >= 0.6 is 12.2 Å². The third-order valence-electron chi connectivity index (χ3n) is 6.07. The molecule has 2 aliphatic heterocycles. The number of nitrogens with one attached hydrogen (secondary N) is 1. The van der Waals surface area contributed by atoms with E-state index in [1.807, 2.05) is 4.90 Å². The molecule has 2 fully saturated rings. The number of H-pyrrole nitrogens is 1. The molecule has 1 N–H and O–H groups in total. The van der Waals surface area contributed by atoms with Crippen molar-refractivity contribution in [3.8, 4) is 0 Å². The van der Waals surface area contributed by atoms with Gasteiger partial charge in [0.15, 0.2) is 4.77 Å². The van der Waals surface area contributed by atoms with Crippen LogP contribution in [0.1, 0.15) is 36.0 Å². The summed E-state index contributed by atoms with van der Waals surface area (Å²) in [5, 5.41) is 0.545. The van der Waals surface area contributed by atoms with E-state index in [2.05, 4.69) is 9.88 Å². The third kappa shape index (κ3) is 4.15. The molecule has 2 saturated heterocycles. The van der Waals surface area contributed by atoms with Gasteiger partial charge in [-0.3, -0.25) is 19.1 Å². The Bertz CT molecular complexity index is 1010. The lowest BCUT2D eigenvalue weighted by molar-refractivity contribution is 0.0780. The molecule has 0 saturated carbocycles. The van der Waals surface area contributed by atoms with Gasteiger partial charge < -0.3 is 14.6 Å². The Morgan fingerprint density at radius 1 is 1.28 bits per heavy atom. The monoisotopic (exact) mass is 416 g/mol. The molecule has 3 heterocycles. The molecule has 4 rings (SSSR count). The fourth-order valence-corrected chi connectivity index (χ4v) is 4.76. The van der Waals surface area contributed by atoms with Gasteiger partial charge in [0, 0.05) is 45.0 Å². The van der Waals surface area contributed by atoms with Crippen LogP contribution in [-0.4, -0.2) is 71.2 Å². The zero-order valence-electron chi connectivity index (χ0n) is 16.9. The third-order valence-corrected chi connectivity index (χ3v) is 6.39. The molecule has 1 atom stereocenters. The topological polar surface area (TPSA) is 70.6 Å². The van der Waals surface area contributed by atoms with Gasteiger partial charge in [0.2, 0.25) is 0 Å². The van der Waals surface area contributed by atoms with Crippen molar-refractivity contribution in [1.82, 2.24) is 19.4 Å². The number of carbonyl (C=O) groups excluding carboxylic acids is 1. The van der Waals surface area contributed by atoms with Crippen LogP contribution in [0.15, 0.2) is 23.0 Å². The number of carbonyl (C=O) groups is 1. The molecule has 2 aromatic rings. The summed E-state index contributed by atoms with van der Waals surface area (Å²) in [6.45, 7) is 4.94. The summed E-state index contributed by atoms with van der Waals surface area (Å²) in [6, 6.07) is 5.73. The molecule has 29 heavy (non-hydrogen) atoms. The fourth-order valence-electron chi connectivity index (χ4n) is 4.47. The maximum Gasteiger partial charge on any atom is 0.262 e. The van der Waals surface area contributed by atoms with Crippen LogP contribution in [0, 0.1) is 4.77 Å². The first kappa shape index (κ1) is 20.3. The molecule has 1 aromatic heterocycles. The fraction of sp³-hybridized carbons (Fsp3) is 0.571. The Kier molecular flexibility index (Phi) is 6.12. The lowest BCUT2D eigenvalue weighted by Crippen LogP contribution is -2.37. The van der Waals surface area contributed by atoms with Crippen molar-refractivity contribution in [2.24, 2.45) is 0 Å². The van der Waals surface area contributed by atoms with Crippen LogP contribution < -0.4 is 5.56 Å². The Hall–Kier alpha value is -2.03. The van der Waals surface area contributed by atoms with Gasteiger partial charge in [0.25, 0.3) is 11.5 Å². The smallest absolute Gasteiger partial charge is 0.262 e. The van der Waals surface area contributed by atoms with Crippen molar-refractivity contribution in [3.63, 3.8) is 0 Å². The number of rotatable bonds is 6. The number of benzene rings is 1. The maximum atomic E-state index is 13.0. The van der Waals surface area contributed by atoms with Crippen LogP contribution in [0.25, 0.3) is 10.9 Å². The van der Waals surface area contributed by atoms with Crippen molar-refractivity contribution in [2.45, 2.75) is 38.3 Å². The number of ether oxygens (including phenoxy) is 1. The first-order chi connectivity index (χ1) is 14.1. The van der Waals surface area contributed by atoms with Crippen LogP contribution in [0.2, 0.25) is 0 Å². The molecular formula is C21H28N4O3S. The van der Waals surface area contributed by atoms with Crippen molar-refractivity contribution in [1.29, 1.82) is 0 Å². The van der Waals surface area contributed by atoms with Crippen LogP contribution in [0.5, 0.6) is 0 Å². The Morgan fingerprint density at radius 2 is 2.07 bits per heavy atom. The number of hydrogen-bond donors (Lipinski definition) is 1. The number of nitrogens with zero attached hydrogens (tertiary/aromatic N) is 3. The largest absolute Gasteiger partial charge is 0.385 e. The standard InChI is InChI=1S/C21H28N4O3S/c1-28-12-4-10-25-20(27)17-6-5-15(13-18(17)22-21(25)29)19(26)24-11-7-16(14-24)23-8-2-3-9-23/h5-6,13,16H,2-4,7-12,14H2,1H3,(H,22,29). The number of methoxy groups -OCH3 is 1. The average Bonchev–Trinajstić information content (AvgIpc) is 3.41. The summed E-state index contributed by atoms with van der Waals surface area (Å²) < 4.78 is 6.99. The molecule has 0 bridgehead atoms. The lowest BCUT2D eigenvalue weighted by atomic mass is 10.1. The first-order valence-electron chi connectivity index (χ1n) is 10.4. The maximum absolute atomic E-state index is 13.0. The van der Waals surface area contributed by atoms with E-state index < -0.39 is 0 Å². The second-order valence-corrected chi connectivity index (χ2v) is 8.32. The predicted octanol–water partition coefficient (Wildman–Crippen LogP) is 2.41. The Labute approximate surface area is 175 Å². The van der Waals surface area contributed by atoms with Crippen LogP contribution in [0.4, 0.5) is 0 Å². The van der Waals surface area contributed by atoms with Crippen LogP contribution in [0.3, 0.4) is 0 Å². The number of aromatic amines is 1. The lowest BCUT2D eigenvalue weighted by Gasteiger charge is -2.23. The normalized spacial score (nSPS) is 20.0. The van der Waals surface area contributed by atoms with Crippen molar-refractivity contribution >= 4 is 29.0 Å². The van der Waals surface area contributed by atoms with E-state index in [0.717, 1.165) is 32.6 Å². The second-order valence-electron chi connectivity index (χ2n) is 7.93. The molecule has 0 radical (unpaired) electrons. The summed E-state index contributed by atoms with van der Waals surface area (Å²) in [6.07, 6.45) is 4.27. The number of amides is 1. The van der Waals surface area contributed by atoms with Crippen LogP contribution in [-0.2, 0) is 11.3 Å². The number of aromatic nitrogens is 2. The van der Waals surface area contributed by atoms with E-state index >= 15 is 0 Å². The summed E-state index contributed by atoms with van der Waals surface area (Å²) in [5.74, 6) is 0.0252. The first-order valence-corrected chi connectivity index (χ1v) is 10.8. The number of hydrogen-bond acceptors (Lipinski definition) is 5. The minimum Gasteiger partial charge on any atom is -0.385 e. The summed E-state index contributed by atoms with van der Waals surface area (Å²) in [4.78, 5) is 33.4. The Morgan fingerprint density at radius 3 is 2.83 bits per heavy atom. The van der Waals surface area contributed by atoms with Crippen molar-refractivity contribution in [2.75, 3.05) is 39.9 Å². The molecule has 156 valence electrons. The Balaban J connectivity index is 1.54. The van der Waals surface area contributed by atoms with Gasteiger partial charge in [-0.2, -0.15) is 0 Å². The summed E-state index contributed by atoms with van der Waals surface area (Å²) in [7, 11) is 1.64. The highest BCUT2D eigenvalue weighted by Crippen LogP contribution is 2.22.